The molecule has 0 aliphatic heterocycles. The van der Waals surface area contributed by atoms with Crippen molar-refractivity contribution >= 4 is 23.2 Å². The molecule has 33 heavy (non-hydrogen) atoms. The van der Waals surface area contributed by atoms with Crippen LogP contribution in [0.15, 0.2) is 77.6 Å². The van der Waals surface area contributed by atoms with Gasteiger partial charge in [0.2, 0.25) is 5.95 Å². The number of nitriles is 1. The number of hydrogen-bond acceptors (Lipinski definition) is 6. The number of nitrogens with zero attached hydrogens (tertiary/aromatic N) is 2. The molecule has 4 aromatic rings. The summed E-state index contributed by atoms with van der Waals surface area (Å²) in [5, 5.41) is 13.2. The van der Waals surface area contributed by atoms with Gasteiger partial charge in [-0.25, -0.2) is 4.98 Å². The predicted octanol–water partition coefficient (Wildman–Crippen LogP) is 5.29. The molecule has 0 spiro atoms. The molecule has 164 valence electrons. The third-order valence-electron chi connectivity index (χ3n) is 4.81. The Morgan fingerprint density at radius 2 is 1.82 bits per heavy atom. The van der Waals surface area contributed by atoms with E-state index in [0.29, 0.717) is 34.4 Å². The summed E-state index contributed by atoms with van der Waals surface area (Å²) < 4.78 is 11.4. The second kappa shape index (κ2) is 9.90. The quantitative estimate of drug-likeness (QED) is 0.390. The monoisotopic (exact) mass is 458 g/mol. The van der Waals surface area contributed by atoms with Crippen molar-refractivity contribution in [1.82, 2.24) is 9.97 Å². The Labute approximate surface area is 195 Å². The zero-order chi connectivity index (χ0) is 23.2. The normalized spacial score (nSPS) is 10.3. The van der Waals surface area contributed by atoms with Gasteiger partial charge in [-0.1, -0.05) is 41.9 Å². The van der Waals surface area contributed by atoms with Crippen LogP contribution >= 0.6 is 11.6 Å². The average molecular weight is 459 g/mol. The first-order valence-electron chi connectivity index (χ1n) is 9.99. The van der Waals surface area contributed by atoms with E-state index in [1.807, 2.05) is 36.4 Å². The lowest BCUT2D eigenvalue weighted by Gasteiger charge is -2.13. The summed E-state index contributed by atoms with van der Waals surface area (Å²) in [5.41, 5.74) is 1.79. The van der Waals surface area contributed by atoms with E-state index < -0.39 is 5.56 Å². The zero-order valence-electron chi connectivity index (χ0n) is 17.6. The molecule has 3 aromatic carbocycles. The summed E-state index contributed by atoms with van der Waals surface area (Å²) >= 11 is 5.93. The number of aromatic nitrogens is 2. The van der Waals surface area contributed by atoms with Gasteiger partial charge >= 0.3 is 0 Å². The Bertz CT molecular complexity index is 1360. The Balaban J connectivity index is 1.70. The zero-order valence-corrected chi connectivity index (χ0v) is 18.4. The van der Waals surface area contributed by atoms with Crippen LogP contribution in [0.2, 0.25) is 5.02 Å². The van der Waals surface area contributed by atoms with Gasteiger partial charge in [-0.05, 0) is 48.0 Å². The lowest BCUT2D eigenvalue weighted by atomic mass is 10.1. The number of rotatable bonds is 7. The van der Waals surface area contributed by atoms with Gasteiger partial charge < -0.3 is 14.8 Å². The minimum absolute atomic E-state index is 0.101. The van der Waals surface area contributed by atoms with Gasteiger partial charge in [0.15, 0.2) is 11.5 Å². The predicted molar refractivity (Wildman–Crippen MR) is 127 cm³/mol. The first-order valence-corrected chi connectivity index (χ1v) is 10.4. The van der Waals surface area contributed by atoms with Crippen LogP contribution in [-0.2, 0) is 6.61 Å². The lowest BCUT2D eigenvalue weighted by molar-refractivity contribution is 0.284. The molecule has 0 unspecified atom stereocenters. The van der Waals surface area contributed by atoms with E-state index in [-0.39, 0.29) is 17.2 Å². The molecule has 2 N–H and O–H groups in total. The molecular formula is C25H19ClN4O3. The molecule has 0 aliphatic carbocycles. The molecule has 7 nitrogen and oxygen atoms in total. The van der Waals surface area contributed by atoms with Gasteiger partial charge in [0.1, 0.15) is 18.2 Å². The number of H-pyrrole nitrogens is 1. The van der Waals surface area contributed by atoms with Gasteiger partial charge in [-0.2, -0.15) is 5.26 Å². The number of anilines is 2. The number of benzene rings is 3. The summed E-state index contributed by atoms with van der Waals surface area (Å²) in [7, 11) is 1.55. The van der Waals surface area contributed by atoms with Crippen LogP contribution in [0, 0.1) is 11.3 Å². The molecule has 0 aliphatic rings. The molecule has 0 bridgehead atoms. The van der Waals surface area contributed by atoms with Crippen LogP contribution in [0.3, 0.4) is 0 Å². The fraction of sp³-hybridized carbons (Fsp3) is 0.0800. The van der Waals surface area contributed by atoms with E-state index in [1.165, 1.54) is 0 Å². The Kier molecular flexibility index (Phi) is 6.58. The van der Waals surface area contributed by atoms with E-state index in [9.17, 15) is 10.1 Å². The highest BCUT2D eigenvalue weighted by atomic mass is 35.5. The highest BCUT2D eigenvalue weighted by Crippen LogP contribution is 2.33. The van der Waals surface area contributed by atoms with Crippen molar-refractivity contribution in [1.29, 1.82) is 5.26 Å². The van der Waals surface area contributed by atoms with Crippen LogP contribution in [0.4, 0.5) is 11.6 Å². The standard InChI is InChI=1S/C25H19ClN4O3/c1-32-21-12-7-17(13-22(21)33-15-16-5-3-2-4-6-16)23-20(14-27)24(31)30-25(29-23)28-19-10-8-18(26)9-11-19/h2-13H,15H2,1H3,(H2,28,29,30,31). The van der Waals surface area contributed by atoms with Crippen LogP contribution < -0.4 is 20.3 Å². The molecule has 1 aromatic heterocycles. The average Bonchev–Trinajstić information content (AvgIpc) is 2.84. The second-order valence-corrected chi connectivity index (χ2v) is 7.46. The van der Waals surface area contributed by atoms with Gasteiger partial charge in [-0.15, -0.1) is 0 Å². The molecule has 1 heterocycles. The third-order valence-corrected chi connectivity index (χ3v) is 5.06. The number of halogens is 1. The van der Waals surface area contributed by atoms with Crippen molar-refractivity contribution in [2.75, 3.05) is 12.4 Å². The van der Waals surface area contributed by atoms with Crippen molar-refractivity contribution in [2.24, 2.45) is 0 Å². The van der Waals surface area contributed by atoms with E-state index in [2.05, 4.69) is 15.3 Å². The molecule has 4 rings (SSSR count). The fourth-order valence-corrected chi connectivity index (χ4v) is 3.31. The molecule has 0 saturated carbocycles. The Hall–Kier alpha value is -4.28. The van der Waals surface area contributed by atoms with Crippen molar-refractivity contribution < 1.29 is 9.47 Å². The van der Waals surface area contributed by atoms with Crippen LogP contribution in [-0.4, -0.2) is 17.1 Å². The van der Waals surface area contributed by atoms with E-state index in [0.717, 1.165) is 5.56 Å². The van der Waals surface area contributed by atoms with Crippen molar-refractivity contribution in [3.05, 3.63) is 99.3 Å². The molecule has 8 heteroatoms. The van der Waals surface area contributed by atoms with Gasteiger partial charge in [0.25, 0.3) is 5.56 Å². The number of nitrogens with one attached hydrogen (secondary N) is 2. The second-order valence-electron chi connectivity index (χ2n) is 7.02. The fourth-order valence-electron chi connectivity index (χ4n) is 3.19. The lowest BCUT2D eigenvalue weighted by Crippen LogP contribution is -2.16. The van der Waals surface area contributed by atoms with Crippen molar-refractivity contribution in [3.63, 3.8) is 0 Å². The SMILES string of the molecule is COc1ccc(-c2nc(Nc3ccc(Cl)cc3)[nH]c(=O)c2C#N)cc1OCc1ccccc1. The maximum absolute atomic E-state index is 12.6. The molecule has 0 radical (unpaired) electrons. The largest absolute Gasteiger partial charge is 0.493 e. The van der Waals surface area contributed by atoms with Crippen LogP contribution in [0.1, 0.15) is 11.1 Å². The van der Waals surface area contributed by atoms with Crippen LogP contribution in [0.5, 0.6) is 11.5 Å². The third kappa shape index (κ3) is 5.14. The summed E-state index contributed by atoms with van der Waals surface area (Å²) in [5.74, 6) is 1.19. The molecular weight excluding hydrogens is 440 g/mol. The van der Waals surface area contributed by atoms with Gasteiger partial charge in [0.05, 0.1) is 12.8 Å². The maximum atomic E-state index is 12.6. The summed E-state index contributed by atoms with van der Waals surface area (Å²) in [6, 6.07) is 23.7. The number of ether oxygens (including phenoxy) is 2. The van der Waals surface area contributed by atoms with Gasteiger partial charge in [-0.3, -0.25) is 9.78 Å². The Morgan fingerprint density at radius 3 is 2.52 bits per heavy atom. The minimum Gasteiger partial charge on any atom is -0.493 e. The number of hydrogen-bond donors (Lipinski definition) is 2. The maximum Gasteiger partial charge on any atom is 0.270 e. The topological polar surface area (TPSA) is 100 Å². The smallest absolute Gasteiger partial charge is 0.270 e. The van der Waals surface area contributed by atoms with Crippen molar-refractivity contribution in [3.8, 4) is 28.8 Å². The van der Waals surface area contributed by atoms with E-state index in [1.54, 1.807) is 49.6 Å². The molecule has 0 fully saturated rings. The highest BCUT2D eigenvalue weighted by Gasteiger charge is 2.16. The summed E-state index contributed by atoms with van der Waals surface area (Å²) in [6.07, 6.45) is 0. The van der Waals surface area contributed by atoms with Crippen molar-refractivity contribution in [2.45, 2.75) is 6.61 Å². The Morgan fingerprint density at radius 1 is 1.06 bits per heavy atom. The number of methoxy groups -OCH3 is 1. The summed E-state index contributed by atoms with van der Waals surface area (Å²) in [6.45, 7) is 0.331. The highest BCUT2D eigenvalue weighted by molar-refractivity contribution is 6.30. The molecule has 0 amide bonds. The molecule has 0 atom stereocenters. The summed E-state index contributed by atoms with van der Waals surface area (Å²) in [4.78, 5) is 19.7. The molecule has 0 saturated heterocycles. The minimum atomic E-state index is -0.554. The van der Waals surface area contributed by atoms with Gasteiger partial charge in [0, 0.05) is 16.3 Å². The first-order chi connectivity index (χ1) is 16.1. The first kappa shape index (κ1) is 21.9. The number of aromatic amines is 1. The van der Waals surface area contributed by atoms with E-state index in [4.69, 9.17) is 21.1 Å². The van der Waals surface area contributed by atoms with E-state index >= 15 is 0 Å². The van der Waals surface area contributed by atoms with Crippen LogP contribution in [0.25, 0.3) is 11.3 Å².